The van der Waals surface area contributed by atoms with Gasteiger partial charge in [-0.25, -0.2) is 0 Å². The third kappa shape index (κ3) is 6.50. The number of benzene rings is 1. The van der Waals surface area contributed by atoms with Gasteiger partial charge in [0, 0.05) is 0 Å². The summed E-state index contributed by atoms with van der Waals surface area (Å²) in [5, 5.41) is 8.67. The standard InChI is InChI=1S/C13H16N2O5/c14-11(16)6-15(7-12(17)18)8-13(19)20-9-10-4-2-1-3-5-10/h1-5H,6-9H2,(H2,14,16)(H,17,18). The molecule has 0 atom stereocenters. The van der Waals surface area contributed by atoms with Gasteiger partial charge in [-0.1, -0.05) is 30.3 Å². The van der Waals surface area contributed by atoms with E-state index in [-0.39, 0.29) is 19.7 Å². The van der Waals surface area contributed by atoms with E-state index < -0.39 is 24.4 Å². The van der Waals surface area contributed by atoms with Gasteiger partial charge in [0.15, 0.2) is 0 Å². The number of aliphatic carboxylic acids is 1. The summed E-state index contributed by atoms with van der Waals surface area (Å²) in [4.78, 5) is 34.1. The van der Waals surface area contributed by atoms with Crippen molar-refractivity contribution in [3.05, 3.63) is 35.9 Å². The van der Waals surface area contributed by atoms with Crippen LogP contribution in [0.1, 0.15) is 5.56 Å². The SMILES string of the molecule is NC(=O)CN(CC(=O)O)CC(=O)OCc1ccccc1. The van der Waals surface area contributed by atoms with E-state index >= 15 is 0 Å². The molecule has 0 aliphatic rings. The molecule has 0 bridgehead atoms. The first-order valence-electron chi connectivity index (χ1n) is 5.89. The van der Waals surface area contributed by atoms with Crippen molar-refractivity contribution >= 4 is 17.8 Å². The van der Waals surface area contributed by atoms with Crippen LogP contribution in [0.2, 0.25) is 0 Å². The highest BCUT2D eigenvalue weighted by molar-refractivity contribution is 5.79. The minimum Gasteiger partial charge on any atom is -0.480 e. The zero-order chi connectivity index (χ0) is 15.0. The Kier molecular flexibility index (Phi) is 6.18. The number of rotatable bonds is 8. The van der Waals surface area contributed by atoms with Crippen molar-refractivity contribution in [3.63, 3.8) is 0 Å². The predicted molar refractivity (Wildman–Crippen MR) is 69.5 cm³/mol. The summed E-state index contributed by atoms with van der Waals surface area (Å²) in [6.45, 7) is -0.977. The fourth-order valence-corrected chi connectivity index (χ4v) is 1.55. The first-order chi connectivity index (χ1) is 9.47. The molecule has 0 fully saturated rings. The van der Waals surface area contributed by atoms with E-state index in [4.69, 9.17) is 15.6 Å². The van der Waals surface area contributed by atoms with Gasteiger partial charge >= 0.3 is 11.9 Å². The molecule has 0 saturated heterocycles. The van der Waals surface area contributed by atoms with Crippen LogP contribution < -0.4 is 5.73 Å². The summed E-state index contributed by atoms with van der Waals surface area (Å²) in [6, 6.07) is 9.06. The van der Waals surface area contributed by atoms with E-state index in [1.54, 1.807) is 12.1 Å². The number of nitrogens with zero attached hydrogens (tertiary/aromatic N) is 1. The summed E-state index contributed by atoms with van der Waals surface area (Å²) < 4.78 is 5.00. The number of carbonyl (C=O) groups is 3. The lowest BCUT2D eigenvalue weighted by Crippen LogP contribution is -2.40. The van der Waals surface area contributed by atoms with Crippen LogP contribution in [0, 0.1) is 0 Å². The van der Waals surface area contributed by atoms with Gasteiger partial charge in [0.1, 0.15) is 6.61 Å². The lowest BCUT2D eigenvalue weighted by molar-refractivity contribution is -0.147. The summed E-state index contributed by atoms with van der Waals surface area (Å²) in [5.74, 6) is -2.47. The van der Waals surface area contributed by atoms with E-state index in [0.29, 0.717) is 0 Å². The number of ether oxygens (including phenoxy) is 1. The molecule has 108 valence electrons. The monoisotopic (exact) mass is 280 g/mol. The molecule has 1 amide bonds. The number of hydrogen-bond donors (Lipinski definition) is 2. The smallest absolute Gasteiger partial charge is 0.320 e. The Balaban J connectivity index is 2.44. The van der Waals surface area contributed by atoms with Crippen molar-refractivity contribution in [2.75, 3.05) is 19.6 Å². The summed E-state index contributed by atoms with van der Waals surface area (Å²) in [7, 11) is 0. The van der Waals surface area contributed by atoms with E-state index in [1.807, 2.05) is 18.2 Å². The first kappa shape index (κ1) is 15.6. The first-order valence-corrected chi connectivity index (χ1v) is 5.89. The maximum Gasteiger partial charge on any atom is 0.320 e. The largest absolute Gasteiger partial charge is 0.480 e. The van der Waals surface area contributed by atoms with Gasteiger partial charge in [-0.15, -0.1) is 0 Å². The average molecular weight is 280 g/mol. The molecule has 1 rings (SSSR count). The second-order valence-electron chi connectivity index (χ2n) is 4.15. The summed E-state index contributed by atoms with van der Waals surface area (Å²) in [6.07, 6.45) is 0. The molecular weight excluding hydrogens is 264 g/mol. The van der Waals surface area contributed by atoms with Crippen molar-refractivity contribution < 1.29 is 24.2 Å². The molecule has 3 N–H and O–H groups in total. The minimum atomic E-state index is -1.15. The van der Waals surface area contributed by atoms with Gasteiger partial charge in [-0.2, -0.15) is 0 Å². The van der Waals surface area contributed by atoms with Crippen molar-refractivity contribution in [1.82, 2.24) is 4.90 Å². The number of amides is 1. The van der Waals surface area contributed by atoms with Crippen LogP contribution in [0.15, 0.2) is 30.3 Å². The zero-order valence-electron chi connectivity index (χ0n) is 10.8. The average Bonchev–Trinajstić information content (AvgIpc) is 2.36. The van der Waals surface area contributed by atoms with Gasteiger partial charge in [0.25, 0.3) is 0 Å². The van der Waals surface area contributed by atoms with Crippen molar-refractivity contribution in [2.45, 2.75) is 6.61 Å². The number of carboxylic acids is 1. The highest BCUT2D eigenvalue weighted by atomic mass is 16.5. The third-order valence-corrected chi connectivity index (χ3v) is 2.33. The molecule has 0 aromatic heterocycles. The topological polar surface area (TPSA) is 110 Å². The van der Waals surface area contributed by atoms with Crippen LogP contribution in [0.25, 0.3) is 0 Å². The second kappa shape index (κ2) is 7.90. The van der Waals surface area contributed by atoms with Crippen LogP contribution in [0.4, 0.5) is 0 Å². The lowest BCUT2D eigenvalue weighted by Gasteiger charge is -2.17. The molecule has 0 unspecified atom stereocenters. The molecule has 7 nitrogen and oxygen atoms in total. The maximum absolute atomic E-state index is 11.6. The number of carbonyl (C=O) groups excluding carboxylic acids is 2. The Morgan fingerprint density at radius 3 is 2.30 bits per heavy atom. The van der Waals surface area contributed by atoms with Crippen LogP contribution in [-0.4, -0.2) is 47.5 Å². The number of nitrogens with two attached hydrogens (primary N) is 1. The number of carboxylic acid groups (broad SMARTS) is 1. The Labute approximate surface area is 115 Å². The van der Waals surface area contributed by atoms with E-state index in [2.05, 4.69) is 0 Å². The third-order valence-electron chi connectivity index (χ3n) is 2.33. The van der Waals surface area contributed by atoms with Gasteiger partial charge < -0.3 is 15.6 Å². The highest BCUT2D eigenvalue weighted by Gasteiger charge is 2.16. The molecule has 20 heavy (non-hydrogen) atoms. The van der Waals surface area contributed by atoms with Crippen molar-refractivity contribution in [3.8, 4) is 0 Å². The van der Waals surface area contributed by atoms with Gasteiger partial charge in [-0.05, 0) is 5.56 Å². The van der Waals surface area contributed by atoms with Crippen LogP contribution in [0.5, 0.6) is 0 Å². The lowest BCUT2D eigenvalue weighted by atomic mass is 10.2. The second-order valence-corrected chi connectivity index (χ2v) is 4.15. The van der Waals surface area contributed by atoms with Gasteiger partial charge in [-0.3, -0.25) is 19.3 Å². The summed E-state index contributed by atoms with van der Waals surface area (Å²) >= 11 is 0. The Hall–Kier alpha value is -2.41. The Morgan fingerprint density at radius 1 is 1.10 bits per heavy atom. The Bertz CT molecular complexity index is 459. The molecule has 1 aromatic carbocycles. The Morgan fingerprint density at radius 2 is 1.75 bits per heavy atom. The quantitative estimate of drug-likeness (QED) is 0.627. The number of primary amides is 1. The predicted octanol–water partition coefficient (Wildman–Crippen LogP) is -0.398. The van der Waals surface area contributed by atoms with Crippen LogP contribution in [-0.2, 0) is 25.7 Å². The fourth-order valence-electron chi connectivity index (χ4n) is 1.55. The number of hydrogen-bond acceptors (Lipinski definition) is 5. The van der Waals surface area contributed by atoms with Crippen molar-refractivity contribution in [2.24, 2.45) is 5.73 Å². The highest BCUT2D eigenvalue weighted by Crippen LogP contribution is 2.01. The normalized spacial score (nSPS) is 10.2. The molecule has 0 saturated carbocycles. The number of esters is 1. The molecule has 0 heterocycles. The summed E-state index contributed by atoms with van der Waals surface area (Å²) in [5.41, 5.74) is 5.80. The van der Waals surface area contributed by atoms with Crippen LogP contribution in [0.3, 0.4) is 0 Å². The van der Waals surface area contributed by atoms with Crippen molar-refractivity contribution in [1.29, 1.82) is 0 Å². The van der Waals surface area contributed by atoms with E-state index in [0.717, 1.165) is 10.5 Å². The van der Waals surface area contributed by atoms with E-state index in [9.17, 15) is 14.4 Å². The minimum absolute atomic E-state index is 0.0944. The van der Waals surface area contributed by atoms with Gasteiger partial charge in [0.05, 0.1) is 19.6 Å². The molecule has 7 heteroatoms. The maximum atomic E-state index is 11.6. The fraction of sp³-hybridized carbons (Fsp3) is 0.308. The zero-order valence-corrected chi connectivity index (χ0v) is 10.8. The van der Waals surface area contributed by atoms with Crippen LogP contribution >= 0.6 is 0 Å². The molecule has 0 aliphatic carbocycles. The molecule has 0 radical (unpaired) electrons. The molecule has 0 spiro atoms. The molecular formula is C13H16N2O5. The van der Waals surface area contributed by atoms with E-state index in [1.165, 1.54) is 0 Å². The molecule has 1 aromatic rings. The van der Waals surface area contributed by atoms with Gasteiger partial charge in [0.2, 0.25) is 5.91 Å². The molecule has 0 aliphatic heterocycles.